The van der Waals surface area contributed by atoms with Crippen molar-refractivity contribution < 1.29 is 4.74 Å². The van der Waals surface area contributed by atoms with Gasteiger partial charge in [-0.3, -0.25) is 4.79 Å². The van der Waals surface area contributed by atoms with Crippen LogP contribution in [0.5, 0.6) is 5.75 Å². The molecule has 0 amide bonds. The predicted molar refractivity (Wildman–Crippen MR) is 103 cm³/mol. The minimum absolute atomic E-state index is 0.0218. The number of aromatic amines is 1. The number of thiophene rings is 1. The molecule has 1 aliphatic carbocycles. The lowest BCUT2D eigenvalue weighted by atomic mass is 9.89. The fraction of sp³-hybridized carbons (Fsp3) is 0.300. The second kappa shape index (κ2) is 6.48. The van der Waals surface area contributed by atoms with Crippen LogP contribution >= 0.6 is 11.3 Å². The van der Waals surface area contributed by atoms with Gasteiger partial charge in [-0.25, -0.2) is 4.98 Å². The Morgan fingerprint density at radius 1 is 1.28 bits per heavy atom. The van der Waals surface area contributed by atoms with Gasteiger partial charge >= 0.3 is 0 Å². The van der Waals surface area contributed by atoms with E-state index in [0.717, 1.165) is 40.8 Å². The smallest absolute Gasteiger partial charge is 0.260 e. The summed E-state index contributed by atoms with van der Waals surface area (Å²) in [5.74, 6) is 2.11. The number of benzene rings is 1. The number of rotatable bonds is 3. The van der Waals surface area contributed by atoms with Gasteiger partial charge < -0.3 is 9.72 Å². The lowest BCUT2D eigenvalue weighted by molar-refractivity contribution is 0.415. The molecule has 128 valence electrons. The van der Waals surface area contributed by atoms with Crippen LogP contribution in [0.25, 0.3) is 22.4 Å². The zero-order valence-corrected chi connectivity index (χ0v) is 15.2. The summed E-state index contributed by atoms with van der Waals surface area (Å²) in [6.45, 7) is 2.27. The zero-order valence-electron chi connectivity index (χ0n) is 14.3. The van der Waals surface area contributed by atoms with Crippen LogP contribution in [0.3, 0.4) is 0 Å². The third-order valence-electron chi connectivity index (χ3n) is 4.73. The van der Waals surface area contributed by atoms with Crippen LogP contribution in [0.1, 0.15) is 35.2 Å². The minimum atomic E-state index is -0.0218. The molecule has 2 aromatic heterocycles. The van der Waals surface area contributed by atoms with Gasteiger partial charge in [0.05, 0.1) is 12.5 Å². The van der Waals surface area contributed by atoms with Gasteiger partial charge in [-0.05, 0) is 54.5 Å². The highest BCUT2D eigenvalue weighted by Crippen LogP contribution is 2.35. The van der Waals surface area contributed by atoms with Crippen LogP contribution in [0.4, 0.5) is 0 Å². The number of H-pyrrole nitrogens is 1. The fourth-order valence-electron chi connectivity index (χ4n) is 3.33. The van der Waals surface area contributed by atoms with Crippen molar-refractivity contribution >= 4 is 33.7 Å². The maximum Gasteiger partial charge on any atom is 0.260 e. The lowest BCUT2D eigenvalue weighted by Crippen LogP contribution is -2.13. The average molecular weight is 352 g/mol. The molecule has 5 heteroatoms. The van der Waals surface area contributed by atoms with Crippen molar-refractivity contribution in [1.82, 2.24) is 9.97 Å². The van der Waals surface area contributed by atoms with Gasteiger partial charge in [0.1, 0.15) is 16.4 Å². The normalized spacial score (nSPS) is 17.1. The van der Waals surface area contributed by atoms with E-state index >= 15 is 0 Å². The van der Waals surface area contributed by atoms with Crippen molar-refractivity contribution in [2.45, 2.75) is 26.2 Å². The van der Waals surface area contributed by atoms with E-state index in [0.29, 0.717) is 11.7 Å². The molecule has 0 bridgehead atoms. The lowest BCUT2D eigenvalue weighted by Gasteiger charge is -2.17. The van der Waals surface area contributed by atoms with Gasteiger partial charge in [-0.15, -0.1) is 11.3 Å². The summed E-state index contributed by atoms with van der Waals surface area (Å²) < 4.78 is 5.16. The second-order valence-corrected chi connectivity index (χ2v) is 7.67. The third-order valence-corrected chi connectivity index (χ3v) is 5.88. The number of hydrogen-bond acceptors (Lipinski definition) is 4. The van der Waals surface area contributed by atoms with E-state index in [2.05, 4.69) is 16.9 Å². The van der Waals surface area contributed by atoms with E-state index in [9.17, 15) is 4.79 Å². The quantitative estimate of drug-likeness (QED) is 0.765. The molecular weight excluding hydrogens is 332 g/mol. The number of hydrogen-bond donors (Lipinski definition) is 1. The highest BCUT2D eigenvalue weighted by atomic mass is 32.1. The van der Waals surface area contributed by atoms with Crippen LogP contribution in [-0.2, 0) is 12.8 Å². The first-order valence-electron chi connectivity index (χ1n) is 8.50. The van der Waals surface area contributed by atoms with Crippen molar-refractivity contribution in [3.63, 3.8) is 0 Å². The van der Waals surface area contributed by atoms with Crippen LogP contribution in [0.15, 0.2) is 29.1 Å². The Morgan fingerprint density at radius 2 is 2.08 bits per heavy atom. The molecule has 0 unspecified atom stereocenters. The number of methoxy groups -OCH3 is 1. The van der Waals surface area contributed by atoms with Gasteiger partial charge in [-0.1, -0.05) is 25.1 Å². The maximum atomic E-state index is 12.6. The van der Waals surface area contributed by atoms with E-state index in [1.807, 2.05) is 36.4 Å². The Kier molecular flexibility index (Phi) is 4.17. The van der Waals surface area contributed by atoms with Crippen molar-refractivity contribution in [2.24, 2.45) is 5.92 Å². The first-order valence-corrected chi connectivity index (χ1v) is 9.32. The largest absolute Gasteiger partial charge is 0.497 e. The summed E-state index contributed by atoms with van der Waals surface area (Å²) in [5.41, 5.74) is 2.23. The van der Waals surface area contributed by atoms with Crippen molar-refractivity contribution in [3.05, 3.63) is 56.4 Å². The van der Waals surface area contributed by atoms with Crippen LogP contribution in [0, 0.1) is 5.92 Å². The Bertz CT molecular complexity index is 999. The summed E-state index contributed by atoms with van der Waals surface area (Å²) in [7, 11) is 1.65. The Balaban J connectivity index is 1.68. The molecule has 1 aliphatic rings. The Hall–Kier alpha value is -2.40. The standard InChI is InChI=1S/C20H20N2O2S/c1-12-3-9-15-16(11-12)25-20-18(15)19(23)21-17(22-20)10-6-13-4-7-14(24-2)8-5-13/h4-8,10,12H,3,9,11H2,1-2H3,(H,21,22,23)/b10-6+/t12-/m1/s1. The predicted octanol–water partition coefficient (Wildman–Crippen LogP) is 4.29. The molecule has 0 aliphatic heterocycles. The molecule has 3 aromatic rings. The van der Waals surface area contributed by atoms with Gasteiger partial charge in [0, 0.05) is 4.88 Å². The van der Waals surface area contributed by atoms with Crippen LogP contribution in [-0.4, -0.2) is 17.1 Å². The topological polar surface area (TPSA) is 55.0 Å². The molecule has 25 heavy (non-hydrogen) atoms. The SMILES string of the molecule is COc1ccc(/C=C/c2nc3sc4c(c3c(=O)[nH]2)CC[C@@H](C)C4)cc1. The molecular formula is C20H20N2O2S. The minimum Gasteiger partial charge on any atom is -0.497 e. The molecule has 0 spiro atoms. The zero-order chi connectivity index (χ0) is 17.4. The van der Waals surface area contributed by atoms with E-state index in [-0.39, 0.29) is 5.56 Å². The molecule has 1 aromatic carbocycles. The number of nitrogens with one attached hydrogen (secondary N) is 1. The first-order chi connectivity index (χ1) is 12.1. The van der Waals surface area contributed by atoms with Gasteiger partial charge in [0.25, 0.3) is 5.56 Å². The van der Waals surface area contributed by atoms with Crippen molar-refractivity contribution in [3.8, 4) is 5.75 Å². The van der Waals surface area contributed by atoms with Crippen LogP contribution < -0.4 is 10.3 Å². The Labute approximate surface area is 150 Å². The Morgan fingerprint density at radius 3 is 2.84 bits per heavy atom. The summed E-state index contributed by atoms with van der Waals surface area (Å²) in [5, 5.41) is 0.800. The average Bonchev–Trinajstić information content (AvgIpc) is 2.98. The van der Waals surface area contributed by atoms with Crippen LogP contribution in [0.2, 0.25) is 0 Å². The van der Waals surface area contributed by atoms with Gasteiger partial charge in [0.15, 0.2) is 0 Å². The molecule has 4 nitrogen and oxygen atoms in total. The van der Waals surface area contributed by atoms with Gasteiger partial charge in [0.2, 0.25) is 0 Å². The second-order valence-electron chi connectivity index (χ2n) is 6.59. The number of ether oxygens (including phenoxy) is 1. The number of aromatic nitrogens is 2. The summed E-state index contributed by atoms with van der Waals surface area (Å²) in [6, 6.07) is 7.76. The fourth-order valence-corrected chi connectivity index (χ4v) is 4.73. The highest BCUT2D eigenvalue weighted by Gasteiger charge is 2.22. The van der Waals surface area contributed by atoms with Crippen molar-refractivity contribution in [2.75, 3.05) is 7.11 Å². The molecule has 0 saturated carbocycles. The number of aryl methyl sites for hydroxylation is 1. The van der Waals surface area contributed by atoms with E-state index in [1.165, 1.54) is 10.4 Å². The van der Waals surface area contributed by atoms with E-state index < -0.39 is 0 Å². The molecule has 1 N–H and O–H groups in total. The highest BCUT2D eigenvalue weighted by molar-refractivity contribution is 7.18. The summed E-state index contributed by atoms with van der Waals surface area (Å²) in [4.78, 5) is 22.3. The first kappa shape index (κ1) is 16.1. The molecule has 1 atom stereocenters. The molecule has 0 fully saturated rings. The third kappa shape index (κ3) is 3.12. The maximum absolute atomic E-state index is 12.6. The number of nitrogens with zero attached hydrogens (tertiary/aromatic N) is 1. The molecule has 4 rings (SSSR count). The van der Waals surface area contributed by atoms with E-state index in [1.54, 1.807) is 18.4 Å². The monoisotopic (exact) mass is 352 g/mol. The molecule has 2 heterocycles. The molecule has 0 radical (unpaired) electrons. The van der Waals surface area contributed by atoms with Gasteiger partial charge in [-0.2, -0.15) is 0 Å². The summed E-state index contributed by atoms with van der Waals surface area (Å²) >= 11 is 1.68. The number of fused-ring (bicyclic) bond motifs is 3. The van der Waals surface area contributed by atoms with Crippen molar-refractivity contribution in [1.29, 1.82) is 0 Å². The summed E-state index contributed by atoms with van der Waals surface area (Å²) in [6.07, 6.45) is 7.00. The van der Waals surface area contributed by atoms with E-state index in [4.69, 9.17) is 4.74 Å². The molecule has 0 saturated heterocycles.